The summed E-state index contributed by atoms with van der Waals surface area (Å²) in [4.78, 5) is 24.8. The molecule has 0 saturated carbocycles. The van der Waals surface area contributed by atoms with Gasteiger partial charge in [-0.15, -0.1) is 11.3 Å². The number of ether oxygens (including phenoxy) is 1. The number of hydrogen-bond acceptors (Lipinski definition) is 4. The molecule has 0 radical (unpaired) electrons. The second-order valence-electron chi connectivity index (χ2n) is 3.73. The minimum absolute atomic E-state index is 0.311. The van der Waals surface area contributed by atoms with E-state index in [-0.39, 0.29) is 5.97 Å². The Bertz CT molecular complexity index is 454. The summed E-state index contributed by atoms with van der Waals surface area (Å²) in [6.45, 7) is 2.92. The molecule has 2 rings (SSSR count). The van der Waals surface area contributed by atoms with Gasteiger partial charge in [-0.05, 0) is 18.9 Å². The molecule has 0 aliphatic carbocycles. The first-order valence-electron chi connectivity index (χ1n) is 5.37. The lowest BCUT2D eigenvalue weighted by Gasteiger charge is -2.24. The Morgan fingerprint density at radius 3 is 3.00 bits per heavy atom. The molecule has 2 heterocycles. The van der Waals surface area contributed by atoms with Crippen molar-refractivity contribution in [1.29, 1.82) is 0 Å². The summed E-state index contributed by atoms with van der Waals surface area (Å²) in [5, 5.41) is 10.7. The Morgan fingerprint density at radius 1 is 1.59 bits per heavy atom. The minimum Gasteiger partial charge on any atom is -0.465 e. The average Bonchev–Trinajstić information content (AvgIpc) is 2.71. The van der Waals surface area contributed by atoms with Gasteiger partial charge < -0.3 is 14.7 Å². The van der Waals surface area contributed by atoms with E-state index < -0.39 is 6.09 Å². The lowest BCUT2D eigenvalue weighted by molar-refractivity contribution is 0.0525. The number of rotatable bonds is 2. The van der Waals surface area contributed by atoms with Crippen LogP contribution in [0.5, 0.6) is 0 Å². The molecule has 6 heteroatoms. The second kappa shape index (κ2) is 4.75. The van der Waals surface area contributed by atoms with E-state index in [1.54, 1.807) is 12.3 Å². The van der Waals surface area contributed by atoms with Crippen LogP contribution in [0.25, 0.3) is 0 Å². The van der Waals surface area contributed by atoms with E-state index in [4.69, 9.17) is 9.84 Å². The van der Waals surface area contributed by atoms with Crippen LogP contribution in [-0.4, -0.2) is 35.2 Å². The standard InChI is InChI=1S/C11H13NO4S/c1-2-16-10(13)8-6-17-9-5-12(11(14)15)4-3-7(8)9/h6H,2-5H2,1H3,(H,14,15). The number of thiophene rings is 1. The van der Waals surface area contributed by atoms with Crippen LogP contribution in [0.1, 0.15) is 27.7 Å². The average molecular weight is 255 g/mol. The molecule has 1 aromatic rings. The van der Waals surface area contributed by atoms with Crippen molar-refractivity contribution in [3.8, 4) is 0 Å². The van der Waals surface area contributed by atoms with E-state index in [0.717, 1.165) is 10.4 Å². The second-order valence-corrected chi connectivity index (χ2v) is 4.69. The number of esters is 1. The number of amides is 1. The van der Waals surface area contributed by atoms with Crippen LogP contribution in [0.3, 0.4) is 0 Å². The Labute approximate surface area is 103 Å². The fraction of sp³-hybridized carbons (Fsp3) is 0.455. The summed E-state index contributed by atoms with van der Waals surface area (Å²) < 4.78 is 4.96. The van der Waals surface area contributed by atoms with Crippen LogP contribution >= 0.6 is 11.3 Å². The highest BCUT2D eigenvalue weighted by atomic mass is 32.1. The quantitative estimate of drug-likeness (QED) is 0.820. The highest BCUT2D eigenvalue weighted by Crippen LogP contribution is 2.29. The molecule has 0 unspecified atom stereocenters. The van der Waals surface area contributed by atoms with Crippen LogP contribution in [0.15, 0.2) is 5.38 Å². The summed E-state index contributed by atoms with van der Waals surface area (Å²) in [6, 6.07) is 0. The maximum Gasteiger partial charge on any atom is 0.407 e. The third-order valence-corrected chi connectivity index (χ3v) is 3.73. The van der Waals surface area contributed by atoms with Gasteiger partial charge in [0.1, 0.15) is 0 Å². The summed E-state index contributed by atoms with van der Waals surface area (Å²) in [5.41, 5.74) is 1.54. The Hall–Kier alpha value is -1.56. The molecule has 92 valence electrons. The highest BCUT2D eigenvalue weighted by Gasteiger charge is 2.26. The fourth-order valence-electron chi connectivity index (χ4n) is 1.87. The van der Waals surface area contributed by atoms with Gasteiger partial charge in [0.2, 0.25) is 0 Å². The Kier molecular flexibility index (Phi) is 3.33. The SMILES string of the molecule is CCOC(=O)c1csc2c1CCN(C(=O)O)C2. The summed E-state index contributed by atoms with van der Waals surface area (Å²) >= 11 is 1.42. The van der Waals surface area contributed by atoms with Gasteiger partial charge in [0.15, 0.2) is 0 Å². The molecule has 17 heavy (non-hydrogen) atoms. The molecular formula is C11H13NO4S. The minimum atomic E-state index is -0.915. The van der Waals surface area contributed by atoms with Crippen LogP contribution < -0.4 is 0 Å². The first-order valence-corrected chi connectivity index (χ1v) is 6.25. The van der Waals surface area contributed by atoms with Crippen molar-refractivity contribution < 1.29 is 19.4 Å². The predicted molar refractivity (Wildman–Crippen MR) is 62.4 cm³/mol. The van der Waals surface area contributed by atoms with Crippen molar-refractivity contribution >= 4 is 23.4 Å². The number of carbonyl (C=O) groups is 2. The maximum absolute atomic E-state index is 11.6. The van der Waals surface area contributed by atoms with Gasteiger partial charge >= 0.3 is 12.1 Å². The van der Waals surface area contributed by atoms with E-state index in [1.807, 2.05) is 0 Å². The van der Waals surface area contributed by atoms with Crippen LogP contribution in [-0.2, 0) is 17.7 Å². The van der Waals surface area contributed by atoms with Gasteiger partial charge in [0.05, 0.1) is 18.7 Å². The zero-order valence-electron chi connectivity index (χ0n) is 9.43. The monoisotopic (exact) mass is 255 g/mol. The van der Waals surface area contributed by atoms with E-state index >= 15 is 0 Å². The molecule has 0 saturated heterocycles. The van der Waals surface area contributed by atoms with E-state index in [0.29, 0.717) is 31.7 Å². The highest BCUT2D eigenvalue weighted by molar-refractivity contribution is 7.10. The lowest BCUT2D eigenvalue weighted by Crippen LogP contribution is -2.34. The van der Waals surface area contributed by atoms with Crippen LogP contribution in [0.4, 0.5) is 4.79 Å². The van der Waals surface area contributed by atoms with Gasteiger partial charge in [0, 0.05) is 16.8 Å². The molecule has 0 fully saturated rings. The fourth-order valence-corrected chi connectivity index (χ4v) is 2.96. The summed E-state index contributed by atoms with van der Waals surface area (Å²) in [6.07, 6.45) is -0.332. The topological polar surface area (TPSA) is 66.8 Å². The van der Waals surface area contributed by atoms with Crippen molar-refractivity contribution in [3.63, 3.8) is 0 Å². The first kappa shape index (κ1) is 11.9. The van der Waals surface area contributed by atoms with Crippen LogP contribution in [0, 0.1) is 0 Å². The van der Waals surface area contributed by atoms with E-state index in [9.17, 15) is 9.59 Å². The van der Waals surface area contributed by atoms with Crippen molar-refractivity contribution in [2.24, 2.45) is 0 Å². The molecule has 0 atom stereocenters. The summed E-state index contributed by atoms with van der Waals surface area (Å²) in [7, 11) is 0. The largest absolute Gasteiger partial charge is 0.465 e. The maximum atomic E-state index is 11.6. The molecule has 0 spiro atoms. The van der Waals surface area contributed by atoms with Gasteiger partial charge in [-0.3, -0.25) is 0 Å². The molecule has 1 N–H and O–H groups in total. The van der Waals surface area contributed by atoms with E-state index in [1.165, 1.54) is 16.2 Å². The van der Waals surface area contributed by atoms with Crippen molar-refractivity contribution in [3.05, 3.63) is 21.4 Å². The predicted octanol–water partition coefficient (Wildman–Crippen LogP) is 1.96. The number of carboxylic acid groups (broad SMARTS) is 1. The smallest absolute Gasteiger partial charge is 0.407 e. The number of nitrogens with zero attached hydrogens (tertiary/aromatic N) is 1. The number of fused-ring (bicyclic) bond motifs is 1. The molecule has 5 nitrogen and oxygen atoms in total. The molecular weight excluding hydrogens is 242 g/mol. The van der Waals surface area contributed by atoms with Crippen LogP contribution in [0.2, 0.25) is 0 Å². The molecule has 1 aliphatic rings. The van der Waals surface area contributed by atoms with Gasteiger partial charge in [-0.1, -0.05) is 0 Å². The number of hydrogen-bond donors (Lipinski definition) is 1. The van der Waals surface area contributed by atoms with Crippen molar-refractivity contribution in [2.75, 3.05) is 13.2 Å². The lowest BCUT2D eigenvalue weighted by atomic mass is 10.0. The van der Waals surface area contributed by atoms with Gasteiger partial charge in [0.25, 0.3) is 0 Å². The first-order chi connectivity index (χ1) is 8.13. The molecule has 1 aromatic heterocycles. The third kappa shape index (κ3) is 2.26. The third-order valence-electron chi connectivity index (χ3n) is 2.71. The molecule has 0 aromatic carbocycles. The van der Waals surface area contributed by atoms with Gasteiger partial charge in [-0.2, -0.15) is 0 Å². The van der Waals surface area contributed by atoms with Gasteiger partial charge in [-0.25, -0.2) is 9.59 Å². The normalized spacial score (nSPS) is 14.3. The summed E-state index contributed by atoms with van der Waals surface area (Å²) in [5.74, 6) is -0.311. The number of carbonyl (C=O) groups excluding carboxylic acids is 1. The Morgan fingerprint density at radius 2 is 2.35 bits per heavy atom. The zero-order chi connectivity index (χ0) is 12.4. The van der Waals surface area contributed by atoms with Crippen molar-refractivity contribution in [2.45, 2.75) is 19.9 Å². The molecule has 0 bridgehead atoms. The van der Waals surface area contributed by atoms with E-state index in [2.05, 4.69) is 0 Å². The Balaban J connectivity index is 2.21. The molecule has 1 aliphatic heterocycles. The molecule has 1 amide bonds. The van der Waals surface area contributed by atoms with Crippen molar-refractivity contribution in [1.82, 2.24) is 4.90 Å². The zero-order valence-corrected chi connectivity index (χ0v) is 10.2.